The van der Waals surface area contributed by atoms with E-state index < -0.39 is 8.80 Å². The molecule has 0 unspecified atom stereocenters. The fourth-order valence-electron chi connectivity index (χ4n) is 2.96. The third-order valence-electron chi connectivity index (χ3n) is 4.55. The van der Waals surface area contributed by atoms with Crippen LogP contribution in [0.2, 0.25) is 12.1 Å². The number of unbranched alkanes of at least 4 members (excludes halogenated alkanes) is 2. The van der Waals surface area contributed by atoms with Crippen molar-refractivity contribution in [2.45, 2.75) is 85.2 Å². The van der Waals surface area contributed by atoms with E-state index in [1.54, 1.807) is 15.8 Å². The summed E-state index contributed by atoms with van der Waals surface area (Å²) in [7, 11) is 0.348. The van der Waals surface area contributed by atoms with Crippen molar-refractivity contribution in [3.63, 3.8) is 0 Å². The average molecular weight is 483 g/mol. The van der Waals surface area contributed by atoms with Crippen LogP contribution >= 0.6 is 0 Å². The lowest BCUT2D eigenvalue weighted by Crippen LogP contribution is -2.46. The fraction of sp³-hybridized carbons (Fsp3) is 1.00. The minimum absolute atomic E-state index is 0.543. The second kappa shape index (κ2) is 26.7. The molecule has 0 fully saturated rings. The van der Waals surface area contributed by atoms with Gasteiger partial charge in [-0.3, -0.25) is 0 Å². The van der Waals surface area contributed by atoms with Gasteiger partial charge in [0, 0.05) is 34.9 Å². The number of rotatable bonds is 21. The van der Waals surface area contributed by atoms with Crippen LogP contribution in [-0.2, 0) is 13.3 Å². The van der Waals surface area contributed by atoms with Gasteiger partial charge in [-0.25, -0.2) is 0 Å². The van der Waals surface area contributed by atoms with E-state index in [4.69, 9.17) is 13.3 Å². The van der Waals surface area contributed by atoms with Gasteiger partial charge < -0.3 is 23.9 Å². The first-order valence-corrected chi connectivity index (χ1v) is 25.1. The molecule has 2 N–H and O–H groups in total. The van der Waals surface area contributed by atoms with Crippen molar-refractivity contribution in [2.24, 2.45) is 0 Å². The third-order valence-corrected chi connectivity index (χ3v) is 19.4. The summed E-state index contributed by atoms with van der Waals surface area (Å²) < 4.78 is 17.4. The maximum absolute atomic E-state index is 5.80. The Morgan fingerprint density at radius 2 is 1.14 bits per heavy atom. The SMILES string of the molecule is CCCCNCCC[SiH2][SiH2][SiH3].CCCCNCCC[Si](OCC)(OCC)OCC. The van der Waals surface area contributed by atoms with E-state index in [9.17, 15) is 0 Å². The summed E-state index contributed by atoms with van der Waals surface area (Å²) in [6.07, 6.45) is 7.69. The lowest BCUT2D eigenvalue weighted by Gasteiger charge is -2.28. The zero-order valence-electron chi connectivity index (χ0n) is 20.7. The lowest BCUT2D eigenvalue weighted by atomic mass is 10.3. The van der Waals surface area contributed by atoms with Crippen molar-refractivity contribution in [3.05, 3.63) is 0 Å². The highest BCUT2D eigenvalue weighted by molar-refractivity contribution is 7.23. The molecule has 0 bridgehead atoms. The van der Waals surface area contributed by atoms with Crippen molar-refractivity contribution in [1.29, 1.82) is 0 Å². The van der Waals surface area contributed by atoms with E-state index in [2.05, 4.69) is 24.5 Å². The van der Waals surface area contributed by atoms with Gasteiger partial charge in [0.2, 0.25) is 0 Å². The van der Waals surface area contributed by atoms with Crippen LogP contribution in [0.4, 0.5) is 0 Å². The van der Waals surface area contributed by atoms with Gasteiger partial charge in [0.15, 0.2) is 0 Å². The average Bonchev–Trinajstić information content (AvgIpc) is 2.71. The van der Waals surface area contributed by atoms with Crippen LogP contribution in [-0.4, -0.2) is 82.2 Å². The molecular weight excluding hydrogens is 429 g/mol. The Kier molecular flexibility index (Phi) is 29.3. The van der Waals surface area contributed by atoms with E-state index in [-0.39, 0.29) is 0 Å². The topological polar surface area (TPSA) is 51.8 Å². The van der Waals surface area contributed by atoms with Crippen LogP contribution in [0.5, 0.6) is 0 Å². The maximum atomic E-state index is 5.80. The highest BCUT2D eigenvalue weighted by Crippen LogP contribution is 2.17. The van der Waals surface area contributed by atoms with Gasteiger partial charge in [-0.1, -0.05) is 32.7 Å². The Bertz CT molecular complexity index is 282. The van der Waals surface area contributed by atoms with Gasteiger partial charge in [-0.05, 0) is 90.9 Å². The second-order valence-electron chi connectivity index (χ2n) is 7.35. The molecule has 0 aliphatic rings. The molecule has 0 rings (SSSR count). The summed E-state index contributed by atoms with van der Waals surface area (Å²) in [5, 5.41) is 6.93. The van der Waals surface area contributed by atoms with E-state index in [1.165, 1.54) is 45.2 Å². The summed E-state index contributed by atoms with van der Waals surface area (Å²) in [4.78, 5) is 0. The summed E-state index contributed by atoms with van der Waals surface area (Å²) in [6.45, 7) is 17.1. The Balaban J connectivity index is 0. The monoisotopic (exact) mass is 482 g/mol. The summed E-state index contributed by atoms with van der Waals surface area (Å²) in [6, 6.07) is 2.54. The van der Waals surface area contributed by atoms with Gasteiger partial charge in [0.25, 0.3) is 0 Å². The van der Waals surface area contributed by atoms with E-state index in [0.29, 0.717) is 37.4 Å². The minimum Gasteiger partial charge on any atom is -0.374 e. The van der Waals surface area contributed by atoms with Crippen LogP contribution in [0.3, 0.4) is 0 Å². The van der Waals surface area contributed by atoms with Crippen molar-refractivity contribution >= 4 is 36.2 Å². The fourth-order valence-corrected chi connectivity index (χ4v) is 13.7. The predicted molar refractivity (Wildman–Crippen MR) is 142 cm³/mol. The van der Waals surface area contributed by atoms with Gasteiger partial charge in [0.1, 0.15) is 0 Å². The highest BCUT2D eigenvalue weighted by atomic mass is 29.5. The summed E-state index contributed by atoms with van der Waals surface area (Å²) in [5.41, 5.74) is 0. The van der Waals surface area contributed by atoms with Crippen LogP contribution in [0.15, 0.2) is 0 Å². The number of hydrogen-bond donors (Lipinski definition) is 2. The number of hydrogen-bond acceptors (Lipinski definition) is 5. The molecule has 0 spiro atoms. The maximum Gasteiger partial charge on any atom is 0.500 e. The smallest absolute Gasteiger partial charge is 0.374 e. The lowest BCUT2D eigenvalue weighted by molar-refractivity contribution is 0.0708. The van der Waals surface area contributed by atoms with Crippen LogP contribution in [0, 0.1) is 0 Å². The standard InChI is InChI=1S/C13H31NO3Si.C7H23NSi3/c1-5-9-11-14-12-10-13-18(15-6-2,16-7-3)17-8-4;1-2-3-5-8-6-4-7-10-11-9/h14H,5-13H2,1-4H3;8H,2-7,10-11H2,1,9H3. The largest absolute Gasteiger partial charge is 0.500 e. The molecule has 0 aromatic rings. The molecule has 0 aromatic carbocycles. The summed E-state index contributed by atoms with van der Waals surface area (Å²) in [5.74, 6) is 0. The Morgan fingerprint density at radius 3 is 1.55 bits per heavy atom. The quantitative estimate of drug-likeness (QED) is 0.192. The molecule has 0 aromatic heterocycles. The normalized spacial score (nSPS) is 12.3. The molecule has 29 heavy (non-hydrogen) atoms. The Hall–Kier alpha value is 0.668. The van der Waals surface area contributed by atoms with E-state index >= 15 is 0 Å². The molecule has 0 aliphatic carbocycles. The van der Waals surface area contributed by atoms with Crippen molar-refractivity contribution in [3.8, 4) is 0 Å². The first-order valence-electron chi connectivity index (χ1n) is 12.5. The second-order valence-corrected chi connectivity index (χ2v) is 26.6. The van der Waals surface area contributed by atoms with E-state index in [0.717, 1.165) is 25.6 Å². The molecular formula is C20H54N2O3Si4. The predicted octanol–water partition coefficient (Wildman–Crippen LogP) is 1.53. The zero-order chi connectivity index (χ0) is 22.1. The Morgan fingerprint density at radius 1 is 0.690 bits per heavy atom. The van der Waals surface area contributed by atoms with Gasteiger partial charge in [0.05, 0.1) is 0 Å². The van der Waals surface area contributed by atoms with Crippen molar-refractivity contribution in [2.75, 3.05) is 46.0 Å². The van der Waals surface area contributed by atoms with Gasteiger partial charge >= 0.3 is 8.80 Å². The molecule has 0 atom stereocenters. The first kappa shape index (κ1) is 31.9. The molecule has 9 heteroatoms. The molecule has 178 valence electrons. The van der Waals surface area contributed by atoms with Crippen LogP contribution < -0.4 is 10.6 Å². The Labute approximate surface area is 191 Å². The zero-order valence-corrected chi connectivity index (χ0v) is 26.6. The third kappa shape index (κ3) is 23.2. The first-order chi connectivity index (χ1) is 14.2. The van der Waals surface area contributed by atoms with Crippen LogP contribution in [0.25, 0.3) is 0 Å². The summed E-state index contributed by atoms with van der Waals surface area (Å²) >= 11 is 0. The molecule has 0 saturated carbocycles. The molecule has 0 radical (unpaired) electrons. The van der Waals surface area contributed by atoms with Crippen molar-refractivity contribution in [1.82, 2.24) is 10.6 Å². The van der Waals surface area contributed by atoms with Crippen LogP contribution in [0.1, 0.15) is 73.1 Å². The van der Waals surface area contributed by atoms with Gasteiger partial charge in [-0.2, -0.15) is 0 Å². The highest BCUT2D eigenvalue weighted by Gasteiger charge is 2.39. The van der Waals surface area contributed by atoms with E-state index in [1.807, 2.05) is 20.8 Å². The molecule has 5 nitrogen and oxygen atoms in total. The molecule has 0 aliphatic heterocycles. The molecule has 0 heterocycles. The van der Waals surface area contributed by atoms with Gasteiger partial charge in [-0.15, -0.1) is 0 Å². The number of nitrogens with one attached hydrogen (secondary N) is 2. The minimum atomic E-state index is -2.40. The molecule has 0 amide bonds. The van der Waals surface area contributed by atoms with Crippen molar-refractivity contribution < 1.29 is 13.3 Å². The molecule has 0 saturated heterocycles.